The second kappa shape index (κ2) is 2.35. The molecule has 2 rings (SSSR count). The summed E-state index contributed by atoms with van der Waals surface area (Å²) in [6, 6.07) is 0. The van der Waals surface area contributed by atoms with Gasteiger partial charge >= 0.3 is 0 Å². The number of nitrogens with zero attached hydrogens (tertiary/aromatic N) is 1. The molecule has 68 valence electrons. The van der Waals surface area contributed by atoms with Crippen LogP contribution in [-0.2, 0) is 0 Å². The Bertz CT molecular complexity index is 232. The molecule has 0 spiro atoms. The Morgan fingerprint density at radius 3 is 2.42 bits per heavy atom. The zero-order chi connectivity index (χ0) is 8.93. The average molecular weight is 165 g/mol. The van der Waals surface area contributed by atoms with Crippen LogP contribution in [-0.4, -0.2) is 23.5 Å². The fourth-order valence-corrected chi connectivity index (χ4v) is 2.33. The molecule has 1 unspecified atom stereocenters. The number of allylic oxidation sites excluding steroid dienone is 1. The van der Waals surface area contributed by atoms with Gasteiger partial charge in [0.15, 0.2) is 0 Å². The van der Waals surface area contributed by atoms with E-state index in [1.807, 2.05) is 0 Å². The van der Waals surface area contributed by atoms with Crippen molar-refractivity contribution >= 4 is 0 Å². The minimum atomic E-state index is 0.366. The van der Waals surface area contributed by atoms with E-state index in [-0.39, 0.29) is 0 Å². The summed E-state index contributed by atoms with van der Waals surface area (Å²) in [5, 5.41) is 0. The van der Waals surface area contributed by atoms with Crippen molar-refractivity contribution in [3.8, 4) is 0 Å². The Balaban J connectivity index is 2.10. The molecule has 0 amide bonds. The maximum absolute atomic E-state index is 2.60. The molecular weight excluding hydrogens is 146 g/mol. The molecule has 0 aromatic rings. The molecule has 0 saturated carbocycles. The van der Waals surface area contributed by atoms with Gasteiger partial charge in [0.25, 0.3) is 0 Å². The maximum atomic E-state index is 2.60. The van der Waals surface area contributed by atoms with Gasteiger partial charge in [-0.1, -0.05) is 11.1 Å². The molecule has 0 aromatic carbocycles. The molecule has 1 saturated heterocycles. The first-order valence-electron chi connectivity index (χ1n) is 4.92. The molecule has 1 fully saturated rings. The quantitative estimate of drug-likeness (QED) is 0.498. The summed E-state index contributed by atoms with van der Waals surface area (Å²) in [5.41, 5.74) is 3.77. The third-order valence-electron chi connectivity index (χ3n) is 3.34. The lowest BCUT2D eigenvalue weighted by Gasteiger charge is -2.31. The van der Waals surface area contributed by atoms with Gasteiger partial charge < -0.3 is 0 Å². The number of hydrogen-bond donors (Lipinski definition) is 0. The molecule has 12 heavy (non-hydrogen) atoms. The van der Waals surface area contributed by atoms with Gasteiger partial charge in [0.2, 0.25) is 0 Å². The molecule has 0 aromatic heterocycles. The van der Waals surface area contributed by atoms with E-state index in [1.165, 1.54) is 19.5 Å². The zero-order valence-electron chi connectivity index (χ0n) is 8.65. The summed E-state index contributed by atoms with van der Waals surface area (Å²) in [6.45, 7) is 11.8. The Labute approximate surface area is 75.4 Å². The van der Waals surface area contributed by atoms with Crippen molar-refractivity contribution in [3.63, 3.8) is 0 Å². The van der Waals surface area contributed by atoms with Gasteiger partial charge in [0, 0.05) is 18.6 Å². The maximum Gasteiger partial charge on any atom is 0.0204 e. The van der Waals surface area contributed by atoms with E-state index < -0.39 is 0 Å². The first-order chi connectivity index (χ1) is 5.48. The molecule has 0 N–H and O–H groups in total. The summed E-state index contributed by atoms with van der Waals surface area (Å²) >= 11 is 0. The van der Waals surface area contributed by atoms with Gasteiger partial charge in [-0.25, -0.2) is 0 Å². The normalized spacial score (nSPS) is 30.5. The van der Waals surface area contributed by atoms with Crippen LogP contribution in [0.1, 0.15) is 34.1 Å². The minimum Gasteiger partial charge on any atom is -0.294 e. The van der Waals surface area contributed by atoms with E-state index in [9.17, 15) is 0 Å². The average Bonchev–Trinajstić information content (AvgIpc) is 2.24. The third-order valence-corrected chi connectivity index (χ3v) is 3.34. The van der Waals surface area contributed by atoms with Crippen LogP contribution < -0.4 is 0 Å². The highest BCUT2D eigenvalue weighted by molar-refractivity contribution is 5.32. The van der Waals surface area contributed by atoms with E-state index in [2.05, 4.69) is 32.6 Å². The monoisotopic (exact) mass is 165 g/mol. The van der Waals surface area contributed by atoms with Crippen molar-refractivity contribution in [2.75, 3.05) is 13.1 Å². The van der Waals surface area contributed by atoms with Gasteiger partial charge in [-0.05, 0) is 40.0 Å². The smallest absolute Gasteiger partial charge is 0.0204 e. The minimum absolute atomic E-state index is 0.366. The predicted octanol–water partition coefficient (Wildman–Crippen LogP) is 2.44. The van der Waals surface area contributed by atoms with E-state index >= 15 is 0 Å². The van der Waals surface area contributed by atoms with E-state index in [0.717, 1.165) is 5.92 Å². The molecule has 1 nitrogen and oxygen atoms in total. The van der Waals surface area contributed by atoms with Crippen molar-refractivity contribution in [1.82, 2.24) is 4.90 Å². The fraction of sp³-hybridized carbons (Fsp3) is 0.818. The van der Waals surface area contributed by atoms with Crippen molar-refractivity contribution in [2.24, 2.45) is 5.92 Å². The number of fused-ring (bicyclic) bond motifs is 1. The largest absolute Gasteiger partial charge is 0.294 e. The Morgan fingerprint density at radius 2 is 2.00 bits per heavy atom. The third kappa shape index (κ3) is 1.11. The summed E-state index contributed by atoms with van der Waals surface area (Å²) in [4.78, 5) is 2.60. The van der Waals surface area contributed by atoms with Crippen LogP contribution in [0.5, 0.6) is 0 Å². The zero-order valence-corrected chi connectivity index (χ0v) is 8.65. The summed E-state index contributed by atoms with van der Waals surface area (Å²) < 4.78 is 0. The van der Waals surface area contributed by atoms with Crippen molar-refractivity contribution in [2.45, 2.75) is 39.7 Å². The fourth-order valence-electron chi connectivity index (χ4n) is 2.33. The topological polar surface area (TPSA) is 3.24 Å². The summed E-state index contributed by atoms with van der Waals surface area (Å²) in [7, 11) is 0. The van der Waals surface area contributed by atoms with Crippen LogP contribution in [0.3, 0.4) is 0 Å². The highest BCUT2D eigenvalue weighted by Gasteiger charge is 2.39. The van der Waals surface area contributed by atoms with Crippen molar-refractivity contribution < 1.29 is 0 Å². The van der Waals surface area contributed by atoms with E-state index in [0.29, 0.717) is 5.54 Å². The van der Waals surface area contributed by atoms with Crippen molar-refractivity contribution in [1.29, 1.82) is 0 Å². The lowest BCUT2D eigenvalue weighted by atomic mass is 9.81. The molecule has 1 heteroatoms. The molecular formula is C11H19N. The summed E-state index contributed by atoms with van der Waals surface area (Å²) in [6.07, 6.45) is 1.36. The Hall–Kier alpha value is -0.300. The van der Waals surface area contributed by atoms with Crippen LogP contribution in [0, 0.1) is 5.92 Å². The lowest BCUT2D eigenvalue weighted by Crippen LogP contribution is -2.39. The number of likely N-dealkylation sites (tertiary alicyclic amines) is 1. The lowest BCUT2D eigenvalue weighted by molar-refractivity contribution is 0.171. The molecule has 1 aliphatic carbocycles. The van der Waals surface area contributed by atoms with Crippen LogP contribution in [0.4, 0.5) is 0 Å². The van der Waals surface area contributed by atoms with Crippen LogP contribution >= 0.6 is 0 Å². The second-order valence-electron chi connectivity index (χ2n) is 5.26. The van der Waals surface area contributed by atoms with Crippen LogP contribution in [0.25, 0.3) is 0 Å². The molecule has 0 radical (unpaired) electrons. The van der Waals surface area contributed by atoms with Gasteiger partial charge in [0.1, 0.15) is 0 Å². The highest BCUT2D eigenvalue weighted by atomic mass is 15.2. The van der Waals surface area contributed by atoms with Gasteiger partial charge in [-0.2, -0.15) is 0 Å². The second-order valence-corrected chi connectivity index (χ2v) is 5.26. The van der Waals surface area contributed by atoms with Gasteiger partial charge in [-0.3, -0.25) is 4.90 Å². The molecule has 1 aliphatic heterocycles. The molecule has 2 aliphatic rings. The van der Waals surface area contributed by atoms with Crippen molar-refractivity contribution in [3.05, 3.63) is 11.1 Å². The van der Waals surface area contributed by atoms with Gasteiger partial charge in [-0.15, -0.1) is 0 Å². The van der Waals surface area contributed by atoms with E-state index in [4.69, 9.17) is 0 Å². The van der Waals surface area contributed by atoms with Gasteiger partial charge in [0.05, 0.1) is 0 Å². The van der Waals surface area contributed by atoms with Crippen LogP contribution in [0.15, 0.2) is 11.1 Å². The van der Waals surface area contributed by atoms with E-state index in [1.54, 1.807) is 11.1 Å². The number of hydrogen-bond acceptors (Lipinski definition) is 1. The van der Waals surface area contributed by atoms with Crippen LogP contribution in [0.2, 0.25) is 0 Å². The predicted molar refractivity (Wildman–Crippen MR) is 52.1 cm³/mol. The number of rotatable bonds is 0. The SMILES string of the molecule is CC1=C2CN(C(C)(C)C)CC2C1. The molecule has 1 atom stereocenters. The Kier molecular flexibility index (Phi) is 1.63. The summed E-state index contributed by atoms with van der Waals surface area (Å²) in [5.74, 6) is 0.921. The Morgan fingerprint density at radius 1 is 1.33 bits per heavy atom. The first kappa shape index (κ1) is 8.31. The highest BCUT2D eigenvalue weighted by Crippen LogP contribution is 2.42. The molecule has 0 bridgehead atoms. The molecule has 1 heterocycles. The standard InChI is InChI=1S/C11H19N/c1-8-5-9-6-12(7-10(8)9)11(2,3)4/h9H,5-7H2,1-4H3. The first-order valence-corrected chi connectivity index (χ1v) is 4.92.